The second-order valence-corrected chi connectivity index (χ2v) is 4.26. The van der Waals surface area contributed by atoms with Crippen LogP contribution in [0.3, 0.4) is 0 Å². The van der Waals surface area contributed by atoms with Crippen LogP contribution in [0, 0.1) is 0 Å². The summed E-state index contributed by atoms with van der Waals surface area (Å²) < 4.78 is 5.35. The van der Waals surface area contributed by atoms with E-state index >= 15 is 0 Å². The smallest absolute Gasteiger partial charge is 0.0620 e. The van der Waals surface area contributed by atoms with Gasteiger partial charge in [0.2, 0.25) is 0 Å². The van der Waals surface area contributed by atoms with Gasteiger partial charge in [0.25, 0.3) is 0 Å². The first-order chi connectivity index (χ1) is 8.31. The van der Waals surface area contributed by atoms with Crippen molar-refractivity contribution in [3.63, 3.8) is 0 Å². The molecule has 0 aromatic heterocycles. The van der Waals surface area contributed by atoms with Crippen molar-refractivity contribution in [3.8, 4) is 0 Å². The first-order valence-electron chi connectivity index (χ1n) is 6.11. The highest BCUT2D eigenvalue weighted by Crippen LogP contribution is 2.19. The van der Waals surface area contributed by atoms with Crippen molar-refractivity contribution in [2.24, 2.45) is 5.73 Å². The first kappa shape index (κ1) is 12.1. The zero-order chi connectivity index (χ0) is 12.1. The number of hydrogen-bond donors (Lipinski definition) is 1. The summed E-state index contributed by atoms with van der Waals surface area (Å²) >= 11 is 0. The number of ether oxygens (including phenoxy) is 1. The van der Waals surface area contributed by atoms with Gasteiger partial charge in [0.05, 0.1) is 6.61 Å². The Morgan fingerprint density at radius 2 is 1.88 bits per heavy atom. The Morgan fingerprint density at radius 1 is 1.12 bits per heavy atom. The summed E-state index contributed by atoms with van der Waals surface area (Å²) in [4.78, 5) is 0. The molecule has 2 N–H and O–H groups in total. The van der Waals surface area contributed by atoms with Crippen molar-refractivity contribution in [3.05, 3.63) is 48.0 Å². The van der Waals surface area contributed by atoms with Crippen LogP contribution in [0.1, 0.15) is 12.5 Å². The monoisotopic (exact) mass is 229 g/mol. The standard InChI is InChI=1S/C15H19NO/c1-2-17-11-14(16)10-13-8-5-7-12-6-3-4-9-15(12)13/h3-9,14H,2,10-11,16H2,1H3. The largest absolute Gasteiger partial charge is 0.380 e. The fourth-order valence-corrected chi connectivity index (χ4v) is 2.08. The van der Waals surface area contributed by atoms with E-state index in [4.69, 9.17) is 10.5 Å². The van der Waals surface area contributed by atoms with Crippen LogP contribution in [0.5, 0.6) is 0 Å². The van der Waals surface area contributed by atoms with Crippen molar-refractivity contribution in [2.45, 2.75) is 19.4 Å². The zero-order valence-electron chi connectivity index (χ0n) is 10.2. The lowest BCUT2D eigenvalue weighted by Crippen LogP contribution is -2.28. The molecule has 0 fully saturated rings. The Kier molecular flexibility index (Phi) is 4.13. The molecule has 0 radical (unpaired) electrons. The van der Waals surface area contributed by atoms with E-state index in [9.17, 15) is 0 Å². The molecule has 1 unspecified atom stereocenters. The van der Waals surface area contributed by atoms with Crippen LogP contribution in [-0.4, -0.2) is 19.3 Å². The van der Waals surface area contributed by atoms with Crippen molar-refractivity contribution in [1.82, 2.24) is 0 Å². The molecule has 2 rings (SSSR count). The molecule has 2 aromatic rings. The Hall–Kier alpha value is -1.38. The summed E-state index contributed by atoms with van der Waals surface area (Å²) in [5, 5.41) is 2.57. The number of nitrogens with two attached hydrogens (primary N) is 1. The van der Waals surface area contributed by atoms with Gasteiger partial charge in [0.15, 0.2) is 0 Å². The van der Waals surface area contributed by atoms with Gasteiger partial charge in [-0.1, -0.05) is 42.5 Å². The average molecular weight is 229 g/mol. The maximum Gasteiger partial charge on any atom is 0.0620 e. The molecule has 1 atom stereocenters. The Balaban J connectivity index is 2.18. The van der Waals surface area contributed by atoms with Gasteiger partial charge in [-0.05, 0) is 29.7 Å². The Bertz CT molecular complexity index is 476. The molecular weight excluding hydrogens is 210 g/mol. The van der Waals surface area contributed by atoms with Gasteiger partial charge >= 0.3 is 0 Å². The van der Waals surface area contributed by atoms with Crippen LogP contribution in [0.25, 0.3) is 10.8 Å². The van der Waals surface area contributed by atoms with E-state index in [2.05, 4.69) is 42.5 Å². The minimum absolute atomic E-state index is 0.0701. The van der Waals surface area contributed by atoms with E-state index in [-0.39, 0.29) is 6.04 Å². The third-order valence-electron chi connectivity index (χ3n) is 2.90. The molecule has 0 aliphatic carbocycles. The van der Waals surface area contributed by atoms with E-state index in [0.29, 0.717) is 6.61 Å². The van der Waals surface area contributed by atoms with Crippen LogP contribution >= 0.6 is 0 Å². The van der Waals surface area contributed by atoms with Gasteiger partial charge in [-0.15, -0.1) is 0 Å². The second kappa shape index (κ2) is 5.80. The summed E-state index contributed by atoms with van der Waals surface area (Å²) in [6.07, 6.45) is 0.862. The molecule has 17 heavy (non-hydrogen) atoms. The molecule has 0 heterocycles. The molecule has 0 spiro atoms. The van der Waals surface area contributed by atoms with Crippen LogP contribution in [-0.2, 0) is 11.2 Å². The molecule has 0 bridgehead atoms. The number of rotatable bonds is 5. The van der Waals surface area contributed by atoms with E-state index < -0.39 is 0 Å². The summed E-state index contributed by atoms with van der Waals surface area (Å²) in [5.74, 6) is 0. The molecule has 2 nitrogen and oxygen atoms in total. The molecule has 0 saturated heterocycles. The molecule has 2 aromatic carbocycles. The SMILES string of the molecule is CCOCC(N)Cc1cccc2ccccc12. The topological polar surface area (TPSA) is 35.2 Å². The van der Waals surface area contributed by atoms with Crippen LogP contribution in [0.2, 0.25) is 0 Å². The lowest BCUT2D eigenvalue weighted by molar-refractivity contribution is 0.133. The van der Waals surface area contributed by atoms with E-state index in [0.717, 1.165) is 13.0 Å². The highest BCUT2D eigenvalue weighted by molar-refractivity contribution is 5.85. The fourth-order valence-electron chi connectivity index (χ4n) is 2.08. The van der Waals surface area contributed by atoms with Crippen LogP contribution in [0.4, 0.5) is 0 Å². The van der Waals surface area contributed by atoms with Gasteiger partial charge in [-0.2, -0.15) is 0 Å². The number of benzene rings is 2. The molecule has 2 heteroatoms. The minimum Gasteiger partial charge on any atom is -0.380 e. The van der Waals surface area contributed by atoms with E-state index in [1.807, 2.05) is 6.92 Å². The molecule has 0 saturated carbocycles. The summed E-state index contributed by atoms with van der Waals surface area (Å²) in [5.41, 5.74) is 7.36. The van der Waals surface area contributed by atoms with Crippen molar-refractivity contribution >= 4 is 10.8 Å². The van der Waals surface area contributed by atoms with Gasteiger partial charge in [0, 0.05) is 12.6 Å². The lowest BCUT2D eigenvalue weighted by Gasteiger charge is -2.13. The quantitative estimate of drug-likeness (QED) is 0.855. The van der Waals surface area contributed by atoms with Gasteiger partial charge < -0.3 is 10.5 Å². The number of fused-ring (bicyclic) bond motifs is 1. The Morgan fingerprint density at radius 3 is 2.71 bits per heavy atom. The highest BCUT2D eigenvalue weighted by Gasteiger charge is 2.06. The molecule has 0 aliphatic rings. The maximum absolute atomic E-state index is 6.06. The van der Waals surface area contributed by atoms with Crippen molar-refractivity contribution in [1.29, 1.82) is 0 Å². The minimum atomic E-state index is 0.0701. The third-order valence-corrected chi connectivity index (χ3v) is 2.90. The predicted octanol–water partition coefficient (Wildman–Crippen LogP) is 2.75. The number of hydrogen-bond acceptors (Lipinski definition) is 2. The Labute approximate surface area is 102 Å². The van der Waals surface area contributed by atoms with Gasteiger partial charge in [-0.3, -0.25) is 0 Å². The summed E-state index contributed by atoms with van der Waals surface area (Å²) in [6.45, 7) is 3.34. The van der Waals surface area contributed by atoms with Crippen molar-refractivity contribution < 1.29 is 4.74 Å². The zero-order valence-corrected chi connectivity index (χ0v) is 10.2. The van der Waals surface area contributed by atoms with Gasteiger partial charge in [-0.25, -0.2) is 0 Å². The highest BCUT2D eigenvalue weighted by atomic mass is 16.5. The first-order valence-corrected chi connectivity index (χ1v) is 6.11. The second-order valence-electron chi connectivity index (χ2n) is 4.26. The summed E-state index contributed by atoms with van der Waals surface area (Å²) in [7, 11) is 0. The maximum atomic E-state index is 6.06. The predicted molar refractivity (Wildman–Crippen MR) is 72.1 cm³/mol. The lowest BCUT2D eigenvalue weighted by atomic mass is 9.99. The molecular formula is C15H19NO. The van der Waals surface area contributed by atoms with Crippen LogP contribution < -0.4 is 5.73 Å². The summed E-state index contributed by atoms with van der Waals surface area (Å²) in [6, 6.07) is 14.9. The average Bonchev–Trinajstić information content (AvgIpc) is 2.37. The third kappa shape index (κ3) is 3.05. The normalized spacial score (nSPS) is 12.8. The van der Waals surface area contributed by atoms with E-state index in [1.54, 1.807) is 0 Å². The fraction of sp³-hybridized carbons (Fsp3) is 0.333. The molecule has 90 valence electrons. The van der Waals surface area contributed by atoms with Gasteiger partial charge in [0.1, 0.15) is 0 Å². The van der Waals surface area contributed by atoms with Crippen molar-refractivity contribution in [2.75, 3.05) is 13.2 Å². The molecule has 0 aliphatic heterocycles. The van der Waals surface area contributed by atoms with E-state index in [1.165, 1.54) is 16.3 Å². The molecule has 0 amide bonds. The van der Waals surface area contributed by atoms with Crippen LogP contribution in [0.15, 0.2) is 42.5 Å².